The van der Waals surface area contributed by atoms with Gasteiger partial charge in [0.25, 0.3) is 0 Å². The first kappa shape index (κ1) is 11.8. The predicted molar refractivity (Wildman–Crippen MR) is 59.5 cm³/mol. The molecule has 0 rings (SSSR count). The number of alkyl halides is 1. The van der Waals surface area contributed by atoms with Crippen LogP contribution >= 0.6 is 15.9 Å². The van der Waals surface area contributed by atoms with Gasteiger partial charge in [0.05, 0.1) is 0 Å². The molecule has 0 atom stereocenters. The Kier molecular flexibility index (Phi) is 10.6. The third-order valence-electron chi connectivity index (χ3n) is 1.54. The van der Waals surface area contributed by atoms with Crippen LogP contribution in [0.3, 0.4) is 0 Å². The number of hydrogen-bond donors (Lipinski definition) is 0. The van der Waals surface area contributed by atoms with Crippen molar-refractivity contribution in [3.05, 3.63) is 12.2 Å². The first-order valence-electron chi connectivity index (χ1n) is 4.57. The van der Waals surface area contributed by atoms with Crippen LogP contribution in [0.4, 0.5) is 0 Å². The molecule has 0 radical (unpaired) electrons. The van der Waals surface area contributed by atoms with Crippen LogP contribution in [-0.2, 0) is 0 Å². The van der Waals surface area contributed by atoms with Crippen LogP contribution < -0.4 is 0 Å². The molecule has 0 nitrogen and oxygen atoms in total. The van der Waals surface area contributed by atoms with Gasteiger partial charge in [0.2, 0.25) is 0 Å². The molecule has 0 amide bonds. The third-order valence-corrected chi connectivity index (χ3v) is 2.10. The molecular weight excluding hydrogens is 212 g/mol. The number of unbranched alkanes of at least 4 members (excludes halogenated alkanes) is 4. The zero-order valence-electron chi connectivity index (χ0n) is 7.78. The van der Waals surface area contributed by atoms with Crippen molar-refractivity contribution in [2.75, 3.05) is 5.33 Å². The van der Waals surface area contributed by atoms with Crippen molar-refractivity contribution < 1.29 is 0 Å². The molecule has 0 saturated carbocycles. The van der Waals surface area contributed by atoms with E-state index in [0.717, 1.165) is 11.8 Å². The molecule has 0 N–H and O–H groups in total. The highest BCUT2D eigenvalue weighted by Crippen LogP contribution is 2.03. The summed E-state index contributed by atoms with van der Waals surface area (Å²) in [5.74, 6) is 6.10. The molecule has 0 unspecified atom stereocenters. The van der Waals surface area contributed by atoms with Crippen LogP contribution in [0, 0.1) is 11.8 Å². The van der Waals surface area contributed by atoms with Crippen LogP contribution in [0.2, 0.25) is 0 Å². The standard InChI is InChI=1S/C11H17Br/c1-2-3-4-5-6-7-8-9-10-11-12/h2-3H,6-11H2,1H3. The highest BCUT2D eigenvalue weighted by atomic mass is 79.9. The van der Waals surface area contributed by atoms with E-state index in [4.69, 9.17) is 0 Å². The lowest BCUT2D eigenvalue weighted by atomic mass is 10.2. The van der Waals surface area contributed by atoms with E-state index in [1.54, 1.807) is 0 Å². The molecule has 0 aromatic carbocycles. The molecule has 0 aromatic rings. The van der Waals surface area contributed by atoms with Crippen LogP contribution in [0.1, 0.15) is 39.0 Å². The van der Waals surface area contributed by atoms with E-state index < -0.39 is 0 Å². The Balaban J connectivity index is 3.06. The van der Waals surface area contributed by atoms with Gasteiger partial charge in [-0.1, -0.05) is 46.7 Å². The van der Waals surface area contributed by atoms with Gasteiger partial charge in [0, 0.05) is 11.8 Å². The van der Waals surface area contributed by atoms with Crippen molar-refractivity contribution >= 4 is 15.9 Å². The minimum Gasteiger partial charge on any atom is -0.0985 e. The first-order chi connectivity index (χ1) is 5.91. The molecule has 68 valence electrons. The van der Waals surface area contributed by atoms with Gasteiger partial charge in [-0.3, -0.25) is 0 Å². The summed E-state index contributed by atoms with van der Waals surface area (Å²) in [7, 11) is 0. The Morgan fingerprint density at radius 3 is 2.58 bits per heavy atom. The van der Waals surface area contributed by atoms with Crippen LogP contribution in [0.5, 0.6) is 0 Å². The average Bonchev–Trinajstić information content (AvgIpc) is 2.10. The fraction of sp³-hybridized carbons (Fsp3) is 0.636. The Labute approximate surface area is 84.6 Å². The molecule has 0 bridgehead atoms. The van der Waals surface area contributed by atoms with Crippen molar-refractivity contribution in [2.24, 2.45) is 0 Å². The van der Waals surface area contributed by atoms with Crippen molar-refractivity contribution in [2.45, 2.75) is 39.0 Å². The summed E-state index contributed by atoms with van der Waals surface area (Å²) >= 11 is 3.42. The topological polar surface area (TPSA) is 0 Å². The van der Waals surface area contributed by atoms with E-state index in [-0.39, 0.29) is 0 Å². The normalized spacial score (nSPS) is 9.83. The summed E-state index contributed by atoms with van der Waals surface area (Å²) in [4.78, 5) is 0. The quantitative estimate of drug-likeness (QED) is 0.381. The lowest BCUT2D eigenvalue weighted by Gasteiger charge is -1.93. The van der Waals surface area contributed by atoms with Crippen LogP contribution in [-0.4, -0.2) is 5.33 Å². The molecule has 0 aliphatic carbocycles. The highest BCUT2D eigenvalue weighted by Gasteiger charge is 1.85. The summed E-state index contributed by atoms with van der Waals surface area (Å²) in [5, 5.41) is 1.14. The van der Waals surface area contributed by atoms with Gasteiger partial charge in [-0.2, -0.15) is 0 Å². The van der Waals surface area contributed by atoms with Gasteiger partial charge >= 0.3 is 0 Å². The maximum absolute atomic E-state index is 3.42. The number of allylic oxidation sites excluding steroid dienone is 2. The minimum absolute atomic E-state index is 1.05. The Bertz CT molecular complexity index is 160. The lowest BCUT2D eigenvalue weighted by Crippen LogP contribution is -1.77. The van der Waals surface area contributed by atoms with E-state index in [9.17, 15) is 0 Å². The predicted octanol–water partition coefficient (Wildman–Crippen LogP) is 3.91. The summed E-state index contributed by atoms with van der Waals surface area (Å²) < 4.78 is 0. The minimum atomic E-state index is 1.05. The molecule has 0 heterocycles. The summed E-state index contributed by atoms with van der Waals surface area (Å²) in [6.45, 7) is 1.99. The Morgan fingerprint density at radius 2 is 1.92 bits per heavy atom. The average molecular weight is 229 g/mol. The number of rotatable bonds is 5. The summed E-state index contributed by atoms with van der Waals surface area (Å²) in [6.07, 6.45) is 10.1. The Hall–Kier alpha value is -0.220. The van der Waals surface area contributed by atoms with E-state index in [1.807, 2.05) is 19.1 Å². The van der Waals surface area contributed by atoms with Gasteiger partial charge < -0.3 is 0 Å². The lowest BCUT2D eigenvalue weighted by molar-refractivity contribution is 0.685. The summed E-state index contributed by atoms with van der Waals surface area (Å²) in [5.41, 5.74) is 0. The molecule has 12 heavy (non-hydrogen) atoms. The van der Waals surface area contributed by atoms with Crippen LogP contribution in [0.15, 0.2) is 12.2 Å². The molecule has 0 aromatic heterocycles. The van der Waals surface area contributed by atoms with Crippen LogP contribution in [0.25, 0.3) is 0 Å². The molecule has 0 aliphatic heterocycles. The zero-order valence-corrected chi connectivity index (χ0v) is 9.36. The van der Waals surface area contributed by atoms with Gasteiger partial charge in [-0.05, 0) is 25.8 Å². The largest absolute Gasteiger partial charge is 0.0985 e. The SMILES string of the molecule is CC=CC#CCCCCCCBr. The first-order valence-corrected chi connectivity index (χ1v) is 5.69. The fourth-order valence-corrected chi connectivity index (χ4v) is 1.27. The second-order valence-electron chi connectivity index (χ2n) is 2.67. The van der Waals surface area contributed by atoms with Crippen molar-refractivity contribution in [1.29, 1.82) is 0 Å². The van der Waals surface area contributed by atoms with Gasteiger partial charge in [-0.15, -0.1) is 0 Å². The molecular formula is C11H17Br. The van der Waals surface area contributed by atoms with E-state index in [1.165, 1.54) is 25.7 Å². The van der Waals surface area contributed by atoms with Gasteiger partial charge in [-0.25, -0.2) is 0 Å². The monoisotopic (exact) mass is 228 g/mol. The second kappa shape index (κ2) is 10.8. The second-order valence-corrected chi connectivity index (χ2v) is 3.47. The van der Waals surface area contributed by atoms with Crippen molar-refractivity contribution in [3.8, 4) is 11.8 Å². The van der Waals surface area contributed by atoms with Gasteiger partial charge in [0.1, 0.15) is 0 Å². The fourth-order valence-electron chi connectivity index (χ4n) is 0.876. The highest BCUT2D eigenvalue weighted by molar-refractivity contribution is 9.09. The molecule has 0 fully saturated rings. The Morgan fingerprint density at radius 1 is 1.17 bits per heavy atom. The molecule has 0 saturated heterocycles. The third kappa shape index (κ3) is 9.78. The maximum atomic E-state index is 3.42. The smallest absolute Gasteiger partial charge is 0.00922 e. The zero-order chi connectivity index (χ0) is 9.07. The van der Waals surface area contributed by atoms with E-state index in [0.29, 0.717) is 0 Å². The van der Waals surface area contributed by atoms with Crippen molar-refractivity contribution in [1.82, 2.24) is 0 Å². The maximum Gasteiger partial charge on any atom is 0.00922 e. The van der Waals surface area contributed by atoms with E-state index >= 15 is 0 Å². The molecule has 0 aliphatic rings. The molecule has 1 heteroatoms. The van der Waals surface area contributed by atoms with E-state index in [2.05, 4.69) is 27.8 Å². The summed E-state index contributed by atoms with van der Waals surface area (Å²) in [6, 6.07) is 0. The van der Waals surface area contributed by atoms with Gasteiger partial charge in [0.15, 0.2) is 0 Å². The molecule has 0 spiro atoms. The van der Waals surface area contributed by atoms with Crippen molar-refractivity contribution in [3.63, 3.8) is 0 Å². The number of hydrogen-bond acceptors (Lipinski definition) is 0. The number of halogens is 1.